The number of carbonyl (C=O) groups excluding carboxylic acids is 1. The van der Waals surface area contributed by atoms with Gasteiger partial charge in [-0.15, -0.1) is 0 Å². The van der Waals surface area contributed by atoms with Gasteiger partial charge in [0.25, 0.3) is 5.91 Å². The summed E-state index contributed by atoms with van der Waals surface area (Å²) in [4.78, 5) is 16.7. The Kier molecular flexibility index (Phi) is 5.11. The van der Waals surface area contributed by atoms with Gasteiger partial charge in [-0.3, -0.25) is 9.00 Å². The molecule has 0 saturated carbocycles. The van der Waals surface area contributed by atoms with Gasteiger partial charge in [-0.1, -0.05) is 6.92 Å². The number of carbonyl (C=O) groups is 1. The lowest BCUT2D eigenvalue weighted by Crippen LogP contribution is -2.39. The van der Waals surface area contributed by atoms with Gasteiger partial charge < -0.3 is 10.6 Å². The van der Waals surface area contributed by atoms with E-state index in [1.54, 1.807) is 13.1 Å². The van der Waals surface area contributed by atoms with E-state index >= 15 is 0 Å². The zero-order valence-corrected chi connectivity index (χ0v) is 12.8. The van der Waals surface area contributed by atoms with Gasteiger partial charge in [-0.05, 0) is 31.4 Å². The number of nitrogens with one attached hydrogen (secondary N) is 2. The molecule has 1 aliphatic rings. The van der Waals surface area contributed by atoms with Crippen LogP contribution in [0.15, 0.2) is 12.1 Å². The highest BCUT2D eigenvalue weighted by atomic mass is 32.2. The molecular weight excluding hydrogens is 274 g/mol. The van der Waals surface area contributed by atoms with Crippen molar-refractivity contribution in [3.63, 3.8) is 0 Å². The van der Waals surface area contributed by atoms with E-state index in [2.05, 4.69) is 15.6 Å². The van der Waals surface area contributed by atoms with Crippen LogP contribution in [-0.4, -0.2) is 39.7 Å². The maximum atomic E-state index is 12.3. The van der Waals surface area contributed by atoms with Crippen LogP contribution in [0.5, 0.6) is 0 Å². The van der Waals surface area contributed by atoms with Crippen LogP contribution in [0.3, 0.4) is 0 Å². The van der Waals surface area contributed by atoms with Gasteiger partial charge in [-0.2, -0.15) is 0 Å². The van der Waals surface area contributed by atoms with Crippen molar-refractivity contribution in [3.05, 3.63) is 23.4 Å². The fourth-order valence-electron chi connectivity index (χ4n) is 2.23. The summed E-state index contributed by atoms with van der Waals surface area (Å²) in [5, 5.41) is 6.00. The first-order chi connectivity index (χ1) is 9.62. The third-order valence-electron chi connectivity index (χ3n) is 3.48. The third kappa shape index (κ3) is 3.79. The quantitative estimate of drug-likeness (QED) is 0.879. The molecule has 2 heterocycles. The third-order valence-corrected chi connectivity index (χ3v) is 4.86. The van der Waals surface area contributed by atoms with E-state index in [-0.39, 0.29) is 11.9 Å². The average Bonchev–Trinajstić information content (AvgIpc) is 2.48. The van der Waals surface area contributed by atoms with E-state index in [0.717, 1.165) is 25.0 Å². The summed E-state index contributed by atoms with van der Waals surface area (Å²) in [7, 11) is 1.09. The lowest BCUT2D eigenvalue weighted by atomic mass is 10.1. The minimum absolute atomic E-state index is 0.0729. The summed E-state index contributed by atoms with van der Waals surface area (Å²) in [5.74, 6) is 2.00. The number of nitrogens with zero attached hydrogens (tertiary/aromatic N) is 1. The molecule has 110 valence electrons. The Hall–Kier alpha value is -1.43. The van der Waals surface area contributed by atoms with Gasteiger partial charge >= 0.3 is 0 Å². The molecule has 1 aliphatic heterocycles. The molecule has 0 radical (unpaired) electrons. The predicted molar refractivity (Wildman–Crippen MR) is 81.5 cm³/mol. The molecule has 5 nitrogen and oxygen atoms in total. The summed E-state index contributed by atoms with van der Waals surface area (Å²) >= 11 is 0. The zero-order chi connectivity index (χ0) is 14.5. The topological polar surface area (TPSA) is 71.1 Å². The van der Waals surface area contributed by atoms with Crippen molar-refractivity contribution in [1.29, 1.82) is 0 Å². The van der Waals surface area contributed by atoms with Crippen molar-refractivity contribution in [2.75, 3.05) is 23.9 Å². The SMILES string of the molecule is CCc1cc(C(=O)NC2CCS(=O)CC2)cc(NC)n1. The molecule has 1 aromatic heterocycles. The minimum atomic E-state index is -0.702. The van der Waals surface area contributed by atoms with Gasteiger partial charge in [0.1, 0.15) is 5.82 Å². The average molecular weight is 295 g/mol. The second kappa shape index (κ2) is 6.83. The summed E-state index contributed by atoms with van der Waals surface area (Å²) in [6.07, 6.45) is 2.38. The highest BCUT2D eigenvalue weighted by Gasteiger charge is 2.20. The van der Waals surface area contributed by atoms with Crippen molar-refractivity contribution < 1.29 is 9.00 Å². The number of hydrogen-bond donors (Lipinski definition) is 2. The van der Waals surface area contributed by atoms with Gasteiger partial charge in [0.05, 0.1) is 0 Å². The number of aryl methyl sites for hydroxylation is 1. The van der Waals surface area contributed by atoms with Gasteiger partial charge in [-0.25, -0.2) is 4.98 Å². The van der Waals surface area contributed by atoms with Gasteiger partial charge in [0, 0.05) is 46.7 Å². The Morgan fingerprint density at radius 3 is 2.70 bits per heavy atom. The molecule has 1 amide bonds. The van der Waals surface area contributed by atoms with Crippen LogP contribution >= 0.6 is 0 Å². The lowest BCUT2D eigenvalue weighted by molar-refractivity contribution is 0.0934. The highest BCUT2D eigenvalue weighted by Crippen LogP contribution is 2.13. The molecule has 0 unspecified atom stereocenters. The van der Waals surface area contributed by atoms with Gasteiger partial charge in [0.2, 0.25) is 0 Å². The monoisotopic (exact) mass is 295 g/mol. The van der Waals surface area contributed by atoms with E-state index in [1.165, 1.54) is 0 Å². The minimum Gasteiger partial charge on any atom is -0.373 e. The van der Waals surface area contributed by atoms with Crippen LogP contribution in [0.4, 0.5) is 5.82 Å². The van der Waals surface area contributed by atoms with Gasteiger partial charge in [0.15, 0.2) is 0 Å². The number of aromatic nitrogens is 1. The van der Waals surface area contributed by atoms with Crippen LogP contribution in [0.2, 0.25) is 0 Å². The van der Waals surface area contributed by atoms with Crippen molar-refractivity contribution in [1.82, 2.24) is 10.3 Å². The molecule has 2 rings (SSSR count). The van der Waals surface area contributed by atoms with E-state index in [1.807, 2.05) is 13.0 Å². The Morgan fingerprint density at radius 1 is 1.40 bits per heavy atom. The first kappa shape index (κ1) is 15.0. The molecule has 1 fully saturated rings. The largest absolute Gasteiger partial charge is 0.373 e. The van der Waals surface area contributed by atoms with Crippen LogP contribution in [0.1, 0.15) is 35.8 Å². The molecule has 1 saturated heterocycles. The number of amides is 1. The lowest BCUT2D eigenvalue weighted by Gasteiger charge is -2.22. The van der Waals surface area contributed by atoms with Crippen LogP contribution in [-0.2, 0) is 17.2 Å². The number of anilines is 1. The highest BCUT2D eigenvalue weighted by molar-refractivity contribution is 7.85. The normalized spacial score (nSPS) is 22.3. The summed E-state index contributed by atoms with van der Waals surface area (Å²) in [5.41, 5.74) is 1.53. The molecule has 0 atom stereocenters. The first-order valence-electron chi connectivity index (χ1n) is 6.97. The van der Waals surface area contributed by atoms with E-state index < -0.39 is 10.8 Å². The maximum absolute atomic E-state index is 12.3. The molecule has 6 heteroatoms. The predicted octanol–water partition coefficient (Wildman–Crippen LogP) is 1.33. The Balaban J connectivity index is 2.06. The fraction of sp³-hybridized carbons (Fsp3) is 0.571. The molecule has 0 bridgehead atoms. The molecule has 0 spiro atoms. The van der Waals surface area contributed by atoms with Crippen molar-refractivity contribution in [2.24, 2.45) is 0 Å². The van der Waals surface area contributed by atoms with Crippen LogP contribution < -0.4 is 10.6 Å². The summed E-state index contributed by atoms with van der Waals surface area (Å²) in [6, 6.07) is 3.73. The molecule has 0 aromatic carbocycles. The van der Waals surface area contributed by atoms with E-state index in [0.29, 0.717) is 22.9 Å². The maximum Gasteiger partial charge on any atom is 0.251 e. The molecule has 20 heavy (non-hydrogen) atoms. The second-order valence-electron chi connectivity index (χ2n) is 4.93. The molecule has 1 aromatic rings. The summed E-state index contributed by atoms with van der Waals surface area (Å²) < 4.78 is 11.3. The van der Waals surface area contributed by atoms with Crippen molar-refractivity contribution >= 4 is 22.5 Å². The van der Waals surface area contributed by atoms with Crippen molar-refractivity contribution in [3.8, 4) is 0 Å². The van der Waals surface area contributed by atoms with Crippen LogP contribution in [0, 0.1) is 0 Å². The first-order valence-corrected chi connectivity index (χ1v) is 8.45. The molecule has 0 aliphatic carbocycles. The van der Waals surface area contributed by atoms with Crippen LogP contribution in [0.25, 0.3) is 0 Å². The second-order valence-corrected chi connectivity index (χ2v) is 6.63. The Labute approximate surface area is 122 Å². The molecule has 2 N–H and O–H groups in total. The number of rotatable bonds is 4. The van der Waals surface area contributed by atoms with Crippen molar-refractivity contribution in [2.45, 2.75) is 32.2 Å². The standard InChI is InChI=1S/C14H21N3O2S/c1-3-11-8-10(9-13(15-2)16-11)14(18)17-12-4-6-20(19)7-5-12/h8-9,12H,3-7H2,1-2H3,(H,15,16)(H,17,18). The summed E-state index contributed by atoms with van der Waals surface area (Å²) in [6.45, 7) is 2.01. The number of pyridine rings is 1. The molecular formula is C14H21N3O2S. The fourth-order valence-corrected chi connectivity index (χ4v) is 3.53. The van der Waals surface area contributed by atoms with E-state index in [4.69, 9.17) is 0 Å². The Morgan fingerprint density at radius 2 is 2.10 bits per heavy atom. The van der Waals surface area contributed by atoms with E-state index in [9.17, 15) is 9.00 Å². The smallest absolute Gasteiger partial charge is 0.251 e. The zero-order valence-electron chi connectivity index (χ0n) is 11.9. The Bertz CT molecular complexity index is 487. The number of hydrogen-bond acceptors (Lipinski definition) is 4.